The van der Waals surface area contributed by atoms with Gasteiger partial charge in [0, 0.05) is 13.1 Å². The van der Waals surface area contributed by atoms with Gasteiger partial charge in [-0.1, -0.05) is 17.7 Å². The predicted octanol–water partition coefficient (Wildman–Crippen LogP) is 5.25. The standard InChI is InChI=1S/C21H21ClF3NO2/c1-2-28-21(27)10-13-3-4-20(19(25)9-13)26-7-5-14(6-8-26)15-11-18(24)16(22)12-17(15)23/h3-4,9,11-12,14H,2,5-8,10H2,1H3. The minimum absolute atomic E-state index is 0.0223. The maximum Gasteiger partial charge on any atom is 0.310 e. The number of esters is 1. The molecule has 0 aromatic heterocycles. The number of hydrogen-bond acceptors (Lipinski definition) is 3. The number of piperidine rings is 1. The van der Waals surface area contributed by atoms with Crippen LogP contribution in [0.3, 0.4) is 0 Å². The lowest BCUT2D eigenvalue weighted by Crippen LogP contribution is -2.33. The highest BCUT2D eigenvalue weighted by atomic mass is 35.5. The normalized spacial score (nSPS) is 15.0. The van der Waals surface area contributed by atoms with Crippen molar-refractivity contribution >= 4 is 23.3 Å². The summed E-state index contributed by atoms with van der Waals surface area (Å²) >= 11 is 5.61. The fraction of sp³-hybridized carbons (Fsp3) is 0.381. The Labute approximate surface area is 167 Å². The molecule has 1 saturated heterocycles. The van der Waals surface area contributed by atoms with Crippen LogP contribution in [-0.4, -0.2) is 25.7 Å². The van der Waals surface area contributed by atoms with E-state index in [0.717, 1.165) is 12.1 Å². The van der Waals surface area contributed by atoms with E-state index in [0.29, 0.717) is 42.7 Å². The van der Waals surface area contributed by atoms with E-state index in [4.69, 9.17) is 16.3 Å². The average Bonchev–Trinajstić information content (AvgIpc) is 2.65. The van der Waals surface area contributed by atoms with Gasteiger partial charge in [0.25, 0.3) is 0 Å². The Morgan fingerprint density at radius 1 is 1.11 bits per heavy atom. The molecule has 2 aromatic rings. The number of nitrogens with zero attached hydrogens (tertiary/aromatic N) is 1. The van der Waals surface area contributed by atoms with Crippen LogP contribution in [0.15, 0.2) is 30.3 Å². The van der Waals surface area contributed by atoms with E-state index in [1.165, 1.54) is 6.07 Å². The molecule has 0 spiro atoms. The van der Waals surface area contributed by atoms with Crippen LogP contribution in [0, 0.1) is 17.5 Å². The van der Waals surface area contributed by atoms with Gasteiger partial charge in [0.15, 0.2) is 0 Å². The summed E-state index contributed by atoms with van der Waals surface area (Å²) in [6.07, 6.45) is 1.17. The molecule has 28 heavy (non-hydrogen) atoms. The Bertz CT molecular complexity index is 867. The van der Waals surface area contributed by atoms with Crippen LogP contribution in [0.1, 0.15) is 36.8 Å². The molecule has 0 N–H and O–H groups in total. The summed E-state index contributed by atoms with van der Waals surface area (Å²) in [4.78, 5) is 13.4. The van der Waals surface area contributed by atoms with Crippen LogP contribution in [0.4, 0.5) is 18.9 Å². The summed E-state index contributed by atoms with van der Waals surface area (Å²) in [6.45, 7) is 3.03. The van der Waals surface area contributed by atoms with Crippen molar-refractivity contribution in [1.82, 2.24) is 0 Å². The van der Waals surface area contributed by atoms with Crippen molar-refractivity contribution in [3.8, 4) is 0 Å². The summed E-state index contributed by atoms with van der Waals surface area (Å²) in [5.41, 5.74) is 1.30. The lowest BCUT2D eigenvalue weighted by atomic mass is 9.88. The Kier molecular flexibility index (Phi) is 6.50. The molecule has 1 aliphatic heterocycles. The van der Waals surface area contributed by atoms with Gasteiger partial charge in [0.05, 0.1) is 23.7 Å². The maximum absolute atomic E-state index is 14.5. The summed E-state index contributed by atoms with van der Waals surface area (Å²) < 4.78 is 47.2. The van der Waals surface area contributed by atoms with Crippen LogP contribution in [0.5, 0.6) is 0 Å². The number of rotatable bonds is 5. The van der Waals surface area contributed by atoms with E-state index in [1.54, 1.807) is 19.1 Å². The highest BCUT2D eigenvalue weighted by Crippen LogP contribution is 2.34. The first-order chi connectivity index (χ1) is 13.4. The van der Waals surface area contributed by atoms with Gasteiger partial charge in [-0.3, -0.25) is 4.79 Å². The Morgan fingerprint density at radius 2 is 1.82 bits per heavy atom. The minimum Gasteiger partial charge on any atom is -0.466 e. The number of carbonyl (C=O) groups excluding carboxylic acids is 1. The molecule has 0 bridgehead atoms. The minimum atomic E-state index is -0.635. The molecular weight excluding hydrogens is 391 g/mol. The predicted molar refractivity (Wildman–Crippen MR) is 102 cm³/mol. The van der Waals surface area contributed by atoms with Crippen molar-refractivity contribution in [3.63, 3.8) is 0 Å². The lowest BCUT2D eigenvalue weighted by molar-refractivity contribution is -0.142. The average molecular weight is 412 g/mol. The van der Waals surface area contributed by atoms with Crippen LogP contribution < -0.4 is 4.90 Å². The van der Waals surface area contributed by atoms with E-state index in [-0.39, 0.29) is 24.0 Å². The lowest BCUT2D eigenvalue weighted by Gasteiger charge is -2.34. The summed E-state index contributed by atoms with van der Waals surface area (Å²) in [6, 6.07) is 6.85. The van der Waals surface area contributed by atoms with Crippen LogP contribution >= 0.6 is 11.6 Å². The third-order valence-electron chi connectivity index (χ3n) is 4.98. The zero-order valence-corrected chi connectivity index (χ0v) is 16.2. The molecule has 0 unspecified atom stereocenters. The molecule has 0 saturated carbocycles. The SMILES string of the molecule is CCOC(=O)Cc1ccc(N2CCC(c3cc(F)c(Cl)cc3F)CC2)c(F)c1. The van der Waals surface area contributed by atoms with E-state index in [2.05, 4.69) is 0 Å². The van der Waals surface area contributed by atoms with Gasteiger partial charge in [0.2, 0.25) is 0 Å². The van der Waals surface area contributed by atoms with Crippen LogP contribution in [0.25, 0.3) is 0 Å². The fourth-order valence-corrected chi connectivity index (χ4v) is 3.73. The molecule has 3 rings (SSSR count). The monoisotopic (exact) mass is 411 g/mol. The van der Waals surface area contributed by atoms with Crippen LogP contribution in [-0.2, 0) is 16.0 Å². The largest absolute Gasteiger partial charge is 0.466 e. The summed E-state index contributed by atoms with van der Waals surface area (Å²) in [5.74, 6) is -2.10. The molecule has 0 aliphatic carbocycles. The third kappa shape index (κ3) is 4.61. The van der Waals surface area contributed by atoms with E-state index in [9.17, 15) is 18.0 Å². The van der Waals surface area contributed by atoms with Gasteiger partial charge in [-0.05, 0) is 61.1 Å². The summed E-state index contributed by atoms with van der Waals surface area (Å²) in [7, 11) is 0. The van der Waals surface area contributed by atoms with Gasteiger partial charge in [-0.15, -0.1) is 0 Å². The topological polar surface area (TPSA) is 29.5 Å². The molecule has 1 aliphatic rings. The van der Waals surface area contributed by atoms with Crippen LogP contribution in [0.2, 0.25) is 5.02 Å². The number of halogens is 4. The second-order valence-corrected chi connectivity index (χ2v) is 7.22. The Hall–Kier alpha value is -2.21. The molecule has 0 radical (unpaired) electrons. The Morgan fingerprint density at radius 3 is 2.46 bits per heavy atom. The molecule has 150 valence electrons. The van der Waals surface area contributed by atoms with Crippen molar-refractivity contribution in [3.05, 3.63) is 63.9 Å². The van der Waals surface area contributed by atoms with Crippen molar-refractivity contribution in [2.75, 3.05) is 24.6 Å². The second kappa shape index (κ2) is 8.86. The molecular formula is C21H21ClF3NO2. The molecule has 0 amide bonds. The first-order valence-corrected chi connectivity index (χ1v) is 9.60. The molecule has 1 fully saturated rings. The van der Waals surface area contributed by atoms with Gasteiger partial charge in [-0.25, -0.2) is 13.2 Å². The Balaban J connectivity index is 1.66. The zero-order valence-electron chi connectivity index (χ0n) is 15.5. The van der Waals surface area contributed by atoms with E-state index in [1.807, 2.05) is 4.90 Å². The first-order valence-electron chi connectivity index (χ1n) is 9.22. The second-order valence-electron chi connectivity index (χ2n) is 6.82. The highest BCUT2D eigenvalue weighted by Gasteiger charge is 2.25. The third-order valence-corrected chi connectivity index (χ3v) is 5.27. The van der Waals surface area contributed by atoms with E-state index >= 15 is 0 Å². The van der Waals surface area contributed by atoms with Crippen molar-refractivity contribution in [2.45, 2.75) is 32.1 Å². The number of anilines is 1. The van der Waals surface area contributed by atoms with Gasteiger partial charge >= 0.3 is 5.97 Å². The maximum atomic E-state index is 14.5. The van der Waals surface area contributed by atoms with Crippen molar-refractivity contribution < 1.29 is 22.7 Å². The molecule has 1 heterocycles. The summed E-state index contributed by atoms with van der Waals surface area (Å²) in [5, 5.41) is -0.233. The molecule has 3 nitrogen and oxygen atoms in total. The smallest absolute Gasteiger partial charge is 0.310 e. The first kappa shape index (κ1) is 20.5. The van der Waals surface area contributed by atoms with Gasteiger partial charge in [-0.2, -0.15) is 0 Å². The fourth-order valence-electron chi connectivity index (χ4n) is 3.58. The number of hydrogen-bond donors (Lipinski definition) is 0. The van der Waals surface area contributed by atoms with Crippen molar-refractivity contribution in [2.24, 2.45) is 0 Å². The number of benzene rings is 2. The zero-order chi connectivity index (χ0) is 20.3. The van der Waals surface area contributed by atoms with Gasteiger partial charge in [0.1, 0.15) is 17.5 Å². The molecule has 7 heteroatoms. The molecule has 0 atom stereocenters. The van der Waals surface area contributed by atoms with Gasteiger partial charge < -0.3 is 9.64 Å². The highest BCUT2D eigenvalue weighted by molar-refractivity contribution is 6.30. The molecule has 2 aromatic carbocycles. The van der Waals surface area contributed by atoms with Crippen molar-refractivity contribution in [1.29, 1.82) is 0 Å². The number of carbonyl (C=O) groups is 1. The number of ether oxygens (including phenoxy) is 1. The quantitative estimate of drug-likeness (QED) is 0.497. The van der Waals surface area contributed by atoms with E-state index < -0.39 is 23.4 Å².